The smallest absolute Gasteiger partial charge is 0.313 e. The zero-order valence-corrected chi connectivity index (χ0v) is 16.7. The second-order valence-corrected chi connectivity index (χ2v) is 7.22. The Balaban J connectivity index is 2.48. The minimum absolute atomic E-state index is 0.0520. The van der Waals surface area contributed by atoms with E-state index >= 15 is 0 Å². The zero-order chi connectivity index (χ0) is 22.3. The molecule has 0 heterocycles. The molecule has 0 fully saturated rings. The monoisotopic (exact) mass is 411 g/mol. The lowest BCUT2D eigenvalue weighted by Gasteiger charge is -2.29. The Morgan fingerprint density at radius 1 is 1.07 bits per heavy atom. The maximum Gasteiger partial charge on any atom is 0.313 e. The molecule has 2 atom stereocenters. The van der Waals surface area contributed by atoms with E-state index in [0.29, 0.717) is 6.42 Å². The van der Waals surface area contributed by atoms with Crippen molar-refractivity contribution in [1.82, 2.24) is 0 Å². The van der Waals surface area contributed by atoms with Crippen LogP contribution in [0, 0.1) is 5.92 Å². The number of phenols is 2. The Morgan fingerprint density at radius 3 is 2.30 bits per heavy atom. The van der Waals surface area contributed by atoms with Gasteiger partial charge in [0.15, 0.2) is 5.78 Å². The SMILES string of the molecule is CCC(C)C(C(=O)OC)c1c(C(N)=O)cc(O)c2c1C(=O)c1cccc(O)c1C2=O. The summed E-state index contributed by atoms with van der Waals surface area (Å²) < 4.78 is 4.91. The Hall–Kier alpha value is -3.68. The Bertz CT molecular complexity index is 1100. The number of methoxy groups -OCH3 is 1. The molecule has 30 heavy (non-hydrogen) atoms. The van der Waals surface area contributed by atoms with Crippen LogP contribution in [0.4, 0.5) is 0 Å². The number of ether oxygens (including phenoxy) is 1. The van der Waals surface area contributed by atoms with Gasteiger partial charge < -0.3 is 20.7 Å². The topological polar surface area (TPSA) is 144 Å². The van der Waals surface area contributed by atoms with Crippen LogP contribution in [0.25, 0.3) is 0 Å². The van der Waals surface area contributed by atoms with Crippen molar-refractivity contribution >= 4 is 23.4 Å². The van der Waals surface area contributed by atoms with Gasteiger partial charge in [-0.25, -0.2) is 0 Å². The van der Waals surface area contributed by atoms with Gasteiger partial charge in [-0.3, -0.25) is 19.2 Å². The van der Waals surface area contributed by atoms with Gasteiger partial charge in [0.2, 0.25) is 11.7 Å². The van der Waals surface area contributed by atoms with Crippen molar-refractivity contribution < 1.29 is 34.1 Å². The molecular formula is C22H21NO7. The number of fused-ring (bicyclic) bond motifs is 2. The lowest BCUT2D eigenvalue weighted by molar-refractivity contribution is -0.143. The van der Waals surface area contributed by atoms with E-state index in [4.69, 9.17) is 10.5 Å². The second kappa shape index (κ2) is 7.62. The molecule has 1 aliphatic carbocycles. The van der Waals surface area contributed by atoms with E-state index in [0.717, 1.165) is 6.07 Å². The lowest BCUT2D eigenvalue weighted by Crippen LogP contribution is -2.31. The van der Waals surface area contributed by atoms with Gasteiger partial charge in [0.1, 0.15) is 11.5 Å². The van der Waals surface area contributed by atoms with Gasteiger partial charge in [0.25, 0.3) is 0 Å². The van der Waals surface area contributed by atoms with Crippen LogP contribution < -0.4 is 5.73 Å². The van der Waals surface area contributed by atoms with Crippen molar-refractivity contribution in [2.75, 3.05) is 7.11 Å². The molecule has 0 spiro atoms. The highest BCUT2D eigenvalue weighted by Gasteiger charge is 2.42. The molecule has 2 aromatic carbocycles. The minimum Gasteiger partial charge on any atom is -0.507 e. The fraction of sp³-hybridized carbons (Fsp3) is 0.273. The average Bonchev–Trinajstić information content (AvgIpc) is 2.71. The molecule has 0 aromatic heterocycles. The number of hydrogen-bond acceptors (Lipinski definition) is 7. The maximum absolute atomic E-state index is 13.4. The Kier molecular flexibility index (Phi) is 5.35. The van der Waals surface area contributed by atoms with Crippen LogP contribution in [-0.2, 0) is 9.53 Å². The van der Waals surface area contributed by atoms with Gasteiger partial charge in [-0.05, 0) is 23.6 Å². The number of benzene rings is 2. The van der Waals surface area contributed by atoms with Crippen LogP contribution in [0.3, 0.4) is 0 Å². The number of nitrogens with two attached hydrogens (primary N) is 1. The summed E-state index contributed by atoms with van der Waals surface area (Å²) in [6.07, 6.45) is 0.493. The van der Waals surface area contributed by atoms with E-state index in [1.165, 1.54) is 25.3 Å². The van der Waals surface area contributed by atoms with Crippen LogP contribution in [0.1, 0.15) is 74.0 Å². The Morgan fingerprint density at radius 2 is 1.73 bits per heavy atom. The predicted octanol–water partition coefficient (Wildman–Crippen LogP) is 2.27. The first-order valence-corrected chi connectivity index (χ1v) is 9.34. The third kappa shape index (κ3) is 3.01. The molecule has 3 rings (SSSR count). The van der Waals surface area contributed by atoms with Gasteiger partial charge in [0.05, 0.1) is 24.2 Å². The second-order valence-electron chi connectivity index (χ2n) is 7.22. The molecule has 1 amide bonds. The zero-order valence-electron chi connectivity index (χ0n) is 16.7. The third-order valence-corrected chi connectivity index (χ3v) is 5.56. The van der Waals surface area contributed by atoms with Crippen LogP contribution >= 0.6 is 0 Å². The Labute approximate surface area is 172 Å². The summed E-state index contributed by atoms with van der Waals surface area (Å²) in [5.74, 6) is -5.68. The van der Waals surface area contributed by atoms with E-state index in [1.807, 2.05) is 6.92 Å². The average molecular weight is 411 g/mol. The first-order valence-electron chi connectivity index (χ1n) is 9.34. The summed E-state index contributed by atoms with van der Waals surface area (Å²) in [4.78, 5) is 51.4. The largest absolute Gasteiger partial charge is 0.507 e. The molecule has 8 nitrogen and oxygen atoms in total. The van der Waals surface area contributed by atoms with Gasteiger partial charge >= 0.3 is 5.97 Å². The van der Waals surface area contributed by atoms with Gasteiger partial charge in [-0.2, -0.15) is 0 Å². The summed E-state index contributed by atoms with van der Waals surface area (Å²) in [6.45, 7) is 3.55. The van der Waals surface area contributed by atoms with Crippen LogP contribution in [0.2, 0.25) is 0 Å². The maximum atomic E-state index is 13.4. The predicted molar refractivity (Wildman–Crippen MR) is 106 cm³/mol. The summed E-state index contributed by atoms with van der Waals surface area (Å²) in [7, 11) is 1.18. The van der Waals surface area contributed by atoms with Crippen molar-refractivity contribution in [2.24, 2.45) is 11.7 Å². The highest BCUT2D eigenvalue weighted by molar-refractivity contribution is 6.31. The van der Waals surface area contributed by atoms with E-state index in [1.54, 1.807) is 6.92 Å². The van der Waals surface area contributed by atoms with Crippen molar-refractivity contribution in [3.63, 3.8) is 0 Å². The lowest BCUT2D eigenvalue weighted by atomic mass is 9.73. The van der Waals surface area contributed by atoms with Gasteiger partial charge in [-0.1, -0.05) is 32.4 Å². The summed E-state index contributed by atoms with van der Waals surface area (Å²) >= 11 is 0. The van der Waals surface area contributed by atoms with E-state index in [2.05, 4.69) is 0 Å². The molecule has 0 radical (unpaired) electrons. The van der Waals surface area contributed by atoms with Gasteiger partial charge in [0, 0.05) is 16.7 Å². The molecule has 8 heteroatoms. The number of rotatable bonds is 5. The van der Waals surface area contributed by atoms with Gasteiger partial charge in [-0.15, -0.1) is 0 Å². The van der Waals surface area contributed by atoms with Crippen molar-refractivity contribution in [1.29, 1.82) is 0 Å². The molecular weight excluding hydrogens is 390 g/mol. The number of esters is 1. The van der Waals surface area contributed by atoms with Crippen LogP contribution in [-0.4, -0.2) is 40.8 Å². The number of hydrogen-bond donors (Lipinski definition) is 3. The minimum atomic E-state index is -1.08. The summed E-state index contributed by atoms with van der Waals surface area (Å²) in [5.41, 5.74) is 4.20. The number of carbonyl (C=O) groups excluding carboxylic acids is 4. The molecule has 0 bridgehead atoms. The molecule has 0 saturated heterocycles. The fourth-order valence-corrected chi connectivity index (χ4v) is 3.90. The third-order valence-electron chi connectivity index (χ3n) is 5.56. The number of phenolic OH excluding ortho intramolecular Hbond substituents is 2. The molecule has 0 aliphatic heterocycles. The first kappa shape index (κ1) is 21.0. The van der Waals surface area contributed by atoms with E-state index in [9.17, 15) is 29.4 Å². The van der Waals surface area contributed by atoms with E-state index < -0.39 is 40.9 Å². The van der Waals surface area contributed by atoms with Crippen LogP contribution in [0.5, 0.6) is 11.5 Å². The summed E-state index contributed by atoms with van der Waals surface area (Å²) in [6, 6.07) is 4.98. The number of amides is 1. The molecule has 156 valence electrons. The van der Waals surface area contributed by atoms with E-state index in [-0.39, 0.29) is 39.3 Å². The molecule has 1 aliphatic rings. The molecule has 0 saturated carbocycles. The van der Waals surface area contributed by atoms with Crippen molar-refractivity contribution in [3.8, 4) is 11.5 Å². The molecule has 2 unspecified atom stereocenters. The quantitative estimate of drug-likeness (QED) is 0.546. The highest BCUT2D eigenvalue weighted by atomic mass is 16.5. The number of ketones is 2. The van der Waals surface area contributed by atoms with Crippen molar-refractivity contribution in [3.05, 3.63) is 57.6 Å². The summed E-state index contributed by atoms with van der Waals surface area (Å²) in [5, 5.41) is 20.6. The fourth-order valence-electron chi connectivity index (χ4n) is 3.90. The normalized spacial score (nSPS) is 14.5. The highest BCUT2D eigenvalue weighted by Crippen LogP contribution is 2.43. The van der Waals surface area contributed by atoms with Crippen molar-refractivity contribution in [2.45, 2.75) is 26.2 Å². The number of aromatic hydroxyl groups is 2. The number of primary amides is 1. The van der Waals surface area contributed by atoms with Crippen LogP contribution in [0.15, 0.2) is 24.3 Å². The number of carbonyl (C=O) groups is 4. The first-order chi connectivity index (χ1) is 14.1. The molecule has 4 N–H and O–H groups in total. The standard InChI is InChI=1S/C22H21NO7/c1-4-9(2)14(22(29)30-3)16-11(21(23)28)8-13(25)17-18(16)19(26)10-6-5-7-12(24)15(10)20(17)27/h5-9,14,24-25H,4H2,1-3H3,(H2,23,28). The molecule has 2 aromatic rings.